The largest absolute Gasteiger partial charge is 0.491 e. The van der Waals surface area contributed by atoms with Crippen molar-refractivity contribution in [1.29, 1.82) is 0 Å². The van der Waals surface area contributed by atoms with Gasteiger partial charge in [-0.2, -0.15) is 0 Å². The van der Waals surface area contributed by atoms with Crippen LogP contribution in [-0.2, 0) is 6.42 Å². The molecule has 0 atom stereocenters. The number of aryl methyl sites for hydroxylation is 1. The van der Waals surface area contributed by atoms with Crippen molar-refractivity contribution >= 4 is 11.8 Å². The molecule has 0 aliphatic heterocycles. The van der Waals surface area contributed by atoms with E-state index in [1.165, 1.54) is 16.8 Å². The van der Waals surface area contributed by atoms with Gasteiger partial charge < -0.3 is 9.30 Å². The average Bonchev–Trinajstić information content (AvgIpc) is 2.91. The Morgan fingerprint density at radius 2 is 2.16 bits per heavy atom. The van der Waals surface area contributed by atoms with Gasteiger partial charge in [0.25, 0.3) is 0 Å². The molecule has 19 heavy (non-hydrogen) atoms. The maximum atomic E-state index is 5.76. The number of ether oxygens (including phenoxy) is 1. The first kappa shape index (κ1) is 12.0. The van der Waals surface area contributed by atoms with Crippen molar-refractivity contribution in [2.45, 2.75) is 32.8 Å². The molecule has 3 rings (SSSR count). The molecule has 1 aromatic carbocycles. The van der Waals surface area contributed by atoms with Crippen molar-refractivity contribution in [3.05, 3.63) is 48.0 Å². The highest BCUT2D eigenvalue weighted by molar-refractivity contribution is 5.75. The van der Waals surface area contributed by atoms with Crippen LogP contribution in [0.4, 0.5) is 0 Å². The van der Waals surface area contributed by atoms with Crippen molar-refractivity contribution in [1.82, 2.24) is 9.55 Å². The van der Waals surface area contributed by atoms with E-state index in [2.05, 4.69) is 33.8 Å². The summed E-state index contributed by atoms with van der Waals surface area (Å²) in [6.45, 7) is 4.10. The number of hydrogen-bond acceptors (Lipinski definition) is 2. The molecular formula is C16H18N2O. The summed E-state index contributed by atoms with van der Waals surface area (Å²) < 4.78 is 7.84. The fraction of sp³-hybridized carbons (Fsp3) is 0.312. The van der Waals surface area contributed by atoms with E-state index in [0.29, 0.717) is 0 Å². The van der Waals surface area contributed by atoms with Gasteiger partial charge in [0, 0.05) is 18.1 Å². The van der Waals surface area contributed by atoms with E-state index in [4.69, 9.17) is 4.74 Å². The SMILES string of the molecule is CC(C)Oc1ccc2c(c1)C=C(n1ccnc1)CC2. The Hall–Kier alpha value is -2.03. The fourth-order valence-electron chi connectivity index (χ4n) is 2.43. The molecule has 0 N–H and O–H groups in total. The quantitative estimate of drug-likeness (QED) is 0.836. The van der Waals surface area contributed by atoms with Crippen LogP contribution in [0, 0.1) is 0 Å². The molecule has 0 unspecified atom stereocenters. The van der Waals surface area contributed by atoms with Crippen molar-refractivity contribution in [2.75, 3.05) is 0 Å². The van der Waals surface area contributed by atoms with Gasteiger partial charge in [0.05, 0.1) is 12.4 Å². The Morgan fingerprint density at radius 3 is 2.89 bits per heavy atom. The first-order valence-corrected chi connectivity index (χ1v) is 6.71. The molecule has 0 spiro atoms. The summed E-state index contributed by atoms with van der Waals surface area (Å²) >= 11 is 0. The van der Waals surface area contributed by atoms with Crippen molar-refractivity contribution in [3.8, 4) is 5.75 Å². The van der Waals surface area contributed by atoms with Crippen LogP contribution in [0.5, 0.6) is 5.75 Å². The molecule has 0 radical (unpaired) electrons. The zero-order valence-corrected chi connectivity index (χ0v) is 11.3. The zero-order chi connectivity index (χ0) is 13.2. The number of rotatable bonds is 3. The molecule has 0 amide bonds. The normalized spacial score (nSPS) is 14.2. The van der Waals surface area contributed by atoms with Crippen LogP contribution in [0.1, 0.15) is 31.4 Å². The third-order valence-corrected chi connectivity index (χ3v) is 3.30. The smallest absolute Gasteiger partial charge is 0.120 e. The molecule has 3 heteroatoms. The second-order valence-electron chi connectivity index (χ2n) is 5.13. The Bertz CT molecular complexity index is 597. The summed E-state index contributed by atoms with van der Waals surface area (Å²) in [6.07, 6.45) is 10.2. The number of imidazole rings is 1. The van der Waals surface area contributed by atoms with Crippen LogP contribution in [0.25, 0.3) is 11.8 Å². The van der Waals surface area contributed by atoms with Gasteiger partial charge in [-0.05, 0) is 56.0 Å². The van der Waals surface area contributed by atoms with Crippen molar-refractivity contribution < 1.29 is 4.74 Å². The Kier molecular flexibility index (Phi) is 3.11. The average molecular weight is 254 g/mol. The van der Waals surface area contributed by atoms with Gasteiger partial charge in [0.1, 0.15) is 5.75 Å². The molecular weight excluding hydrogens is 236 g/mol. The topological polar surface area (TPSA) is 27.1 Å². The van der Waals surface area contributed by atoms with Crippen LogP contribution < -0.4 is 4.74 Å². The number of fused-ring (bicyclic) bond motifs is 1. The van der Waals surface area contributed by atoms with Crippen LogP contribution in [0.15, 0.2) is 36.9 Å². The van der Waals surface area contributed by atoms with E-state index in [0.717, 1.165) is 18.6 Å². The summed E-state index contributed by atoms with van der Waals surface area (Å²) in [5, 5.41) is 0. The minimum Gasteiger partial charge on any atom is -0.491 e. The minimum absolute atomic E-state index is 0.207. The second-order valence-corrected chi connectivity index (χ2v) is 5.13. The number of aromatic nitrogens is 2. The molecule has 1 aliphatic carbocycles. The van der Waals surface area contributed by atoms with E-state index in [-0.39, 0.29) is 6.10 Å². The van der Waals surface area contributed by atoms with Crippen LogP contribution in [-0.4, -0.2) is 15.7 Å². The number of nitrogens with zero attached hydrogens (tertiary/aromatic N) is 2. The van der Waals surface area contributed by atoms with Gasteiger partial charge in [0.15, 0.2) is 0 Å². The van der Waals surface area contributed by atoms with Gasteiger partial charge in [-0.25, -0.2) is 4.98 Å². The molecule has 0 saturated heterocycles. The van der Waals surface area contributed by atoms with Crippen molar-refractivity contribution in [2.24, 2.45) is 0 Å². The lowest BCUT2D eigenvalue weighted by Gasteiger charge is -2.18. The molecule has 1 heterocycles. The van der Waals surface area contributed by atoms with E-state index in [9.17, 15) is 0 Å². The second kappa shape index (κ2) is 4.92. The van der Waals surface area contributed by atoms with Gasteiger partial charge in [-0.15, -0.1) is 0 Å². The summed E-state index contributed by atoms with van der Waals surface area (Å²) in [7, 11) is 0. The molecule has 3 nitrogen and oxygen atoms in total. The number of benzene rings is 1. The molecule has 1 aromatic heterocycles. The standard InChI is InChI=1S/C16H18N2O/c1-12(2)19-16-6-4-13-3-5-15(9-14(13)10-16)18-8-7-17-11-18/h4,6-12H,3,5H2,1-2H3. The Morgan fingerprint density at radius 1 is 1.26 bits per heavy atom. The van der Waals surface area contributed by atoms with E-state index < -0.39 is 0 Å². The maximum absolute atomic E-state index is 5.76. The molecule has 2 aromatic rings. The van der Waals surface area contributed by atoms with Crippen LogP contribution in [0.2, 0.25) is 0 Å². The minimum atomic E-state index is 0.207. The lowest BCUT2D eigenvalue weighted by Crippen LogP contribution is -2.07. The van der Waals surface area contributed by atoms with Crippen molar-refractivity contribution in [3.63, 3.8) is 0 Å². The lowest BCUT2D eigenvalue weighted by atomic mass is 9.95. The monoisotopic (exact) mass is 254 g/mol. The summed E-state index contributed by atoms with van der Waals surface area (Å²) in [5.41, 5.74) is 3.93. The summed E-state index contributed by atoms with van der Waals surface area (Å²) in [6, 6.07) is 6.37. The van der Waals surface area contributed by atoms with E-state index in [1.54, 1.807) is 0 Å². The summed E-state index contributed by atoms with van der Waals surface area (Å²) in [5.74, 6) is 0.942. The number of allylic oxidation sites excluding steroid dienone is 1. The fourth-order valence-corrected chi connectivity index (χ4v) is 2.43. The zero-order valence-electron chi connectivity index (χ0n) is 11.3. The third-order valence-electron chi connectivity index (χ3n) is 3.30. The first-order chi connectivity index (χ1) is 9.22. The maximum Gasteiger partial charge on any atom is 0.120 e. The number of hydrogen-bond donors (Lipinski definition) is 0. The molecule has 0 bridgehead atoms. The Balaban J connectivity index is 1.94. The predicted octanol–water partition coefficient (Wildman–Crippen LogP) is 3.61. The Labute approximate surface area is 113 Å². The highest BCUT2D eigenvalue weighted by atomic mass is 16.5. The molecule has 0 saturated carbocycles. The predicted molar refractivity (Wildman–Crippen MR) is 76.9 cm³/mol. The molecule has 0 fully saturated rings. The van der Waals surface area contributed by atoms with Crippen LogP contribution >= 0.6 is 0 Å². The molecule has 1 aliphatic rings. The van der Waals surface area contributed by atoms with Crippen LogP contribution in [0.3, 0.4) is 0 Å². The van der Waals surface area contributed by atoms with Gasteiger partial charge in [-0.3, -0.25) is 0 Å². The molecule has 98 valence electrons. The van der Waals surface area contributed by atoms with E-state index >= 15 is 0 Å². The summed E-state index contributed by atoms with van der Waals surface area (Å²) in [4.78, 5) is 4.11. The van der Waals surface area contributed by atoms with Gasteiger partial charge >= 0.3 is 0 Å². The third kappa shape index (κ3) is 2.55. The van der Waals surface area contributed by atoms with Gasteiger partial charge in [-0.1, -0.05) is 6.07 Å². The lowest BCUT2D eigenvalue weighted by molar-refractivity contribution is 0.242. The highest BCUT2D eigenvalue weighted by Gasteiger charge is 2.12. The van der Waals surface area contributed by atoms with E-state index in [1.807, 2.05) is 32.6 Å². The highest BCUT2D eigenvalue weighted by Crippen LogP contribution is 2.29. The first-order valence-electron chi connectivity index (χ1n) is 6.71. The van der Waals surface area contributed by atoms with Gasteiger partial charge in [0.2, 0.25) is 0 Å².